The quantitative estimate of drug-likeness (QED) is 0.925. The molecule has 1 aromatic carbocycles. The highest BCUT2D eigenvalue weighted by Gasteiger charge is 2.35. The van der Waals surface area contributed by atoms with Gasteiger partial charge in [0.05, 0.1) is 17.6 Å². The number of alkyl halides is 3. The Hall–Kier alpha value is -1.76. The molecule has 21 heavy (non-hydrogen) atoms. The Kier molecular flexibility index (Phi) is 3.52. The van der Waals surface area contributed by atoms with E-state index < -0.39 is 12.7 Å². The number of rotatable bonds is 2. The lowest BCUT2D eigenvalue weighted by Gasteiger charge is -2.39. The summed E-state index contributed by atoms with van der Waals surface area (Å²) in [5, 5.41) is 0. The standard InChI is InChI=1S/C14H17F3N4/c1-10-8-20(6-7-21(10)9-14(15,16)17)13-18-11-4-2-3-5-12(11)19-13/h2-5,10H,6-9H2,1H3,(H,18,19). The first-order valence-electron chi connectivity index (χ1n) is 6.93. The van der Waals surface area contributed by atoms with Crippen molar-refractivity contribution in [1.82, 2.24) is 14.9 Å². The van der Waals surface area contributed by atoms with E-state index in [0.717, 1.165) is 17.0 Å². The fraction of sp³-hybridized carbons (Fsp3) is 0.500. The van der Waals surface area contributed by atoms with Crippen LogP contribution >= 0.6 is 0 Å². The molecule has 1 atom stereocenters. The number of hydrogen-bond acceptors (Lipinski definition) is 3. The molecule has 1 aromatic heterocycles. The van der Waals surface area contributed by atoms with Crippen LogP contribution in [0.5, 0.6) is 0 Å². The number of H-pyrrole nitrogens is 1. The molecule has 1 fully saturated rings. The number of piperazine rings is 1. The molecule has 1 unspecified atom stereocenters. The molecule has 0 amide bonds. The zero-order valence-electron chi connectivity index (χ0n) is 11.7. The number of hydrogen-bond donors (Lipinski definition) is 1. The van der Waals surface area contributed by atoms with E-state index in [1.165, 1.54) is 4.90 Å². The predicted molar refractivity (Wildman–Crippen MR) is 75.4 cm³/mol. The number of fused-ring (bicyclic) bond motifs is 1. The minimum Gasteiger partial charge on any atom is -0.340 e. The highest BCUT2D eigenvalue weighted by Crippen LogP contribution is 2.23. The molecule has 2 heterocycles. The van der Waals surface area contributed by atoms with E-state index in [-0.39, 0.29) is 6.04 Å². The predicted octanol–water partition coefficient (Wildman–Crippen LogP) is 2.64. The Balaban J connectivity index is 1.72. The summed E-state index contributed by atoms with van der Waals surface area (Å²) in [6.45, 7) is 2.44. The van der Waals surface area contributed by atoms with Crippen LogP contribution in [0.1, 0.15) is 6.92 Å². The first kappa shape index (κ1) is 14.2. The van der Waals surface area contributed by atoms with E-state index in [1.54, 1.807) is 0 Å². The van der Waals surface area contributed by atoms with E-state index in [9.17, 15) is 13.2 Å². The number of nitrogens with zero attached hydrogens (tertiary/aromatic N) is 3. The van der Waals surface area contributed by atoms with Gasteiger partial charge in [-0.05, 0) is 19.1 Å². The van der Waals surface area contributed by atoms with Crippen LogP contribution in [-0.2, 0) is 0 Å². The van der Waals surface area contributed by atoms with Crippen LogP contribution < -0.4 is 4.90 Å². The van der Waals surface area contributed by atoms with Crippen molar-refractivity contribution in [2.75, 3.05) is 31.1 Å². The summed E-state index contributed by atoms with van der Waals surface area (Å²) in [5.74, 6) is 0.731. The van der Waals surface area contributed by atoms with Crippen molar-refractivity contribution < 1.29 is 13.2 Å². The number of aromatic amines is 1. The van der Waals surface area contributed by atoms with Crippen LogP contribution in [0.4, 0.5) is 19.1 Å². The third-order valence-electron chi connectivity index (χ3n) is 3.82. The zero-order chi connectivity index (χ0) is 15.0. The van der Waals surface area contributed by atoms with Crippen molar-refractivity contribution in [3.8, 4) is 0 Å². The maximum absolute atomic E-state index is 12.5. The van der Waals surface area contributed by atoms with Gasteiger partial charge < -0.3 is 9.88 Å². The molecule has 0 bridgehead atoms. The molecule has 0 radical (unpaired) electrons. The lowest BCUT2D eigenvalue weighted by molar-refractivity contribution is -0.150. The molecular weight excluding hydrogens is 281 g/mol. The van der Waals surface area contributed by atoms with Gasteiger partial charge in [-0.1, -0.05) is 12.1 Å². The fourth-order valence-electron chi connectivity index (χ4n) is 2.74. The highest BCUT2D eigenvalue weighted by atomic mass is 19.4. The molecule has 0 aliphatic carbocycles. The number of para-hydroxylation sites is 2. The molecule has 1 aliphatic rings. The summed E-state index contributed by atoms with van der Waals surface area (Å²) in [7, 11) is 0. The molecular formula is C14H17F3N4. The molecule has 114 valence electrons. The highest BCUT2D eigenvalue weighted by molar-refractivity contribution is 5.77. The van der Waals surface area contributed by atoms with Gasteiger partial charge in [0.25, 0.3) is 0 Å². The lowest BCUT2D eigenvalue weighted by atomic mass is 10.2. The Morgan fingerprint density at radius 2 is 2.05 bits per heavy atom. The monoisotopic (exact) mass is 298 g/mol. The summed E-state index contributed by atoms with van der Waals surface area (Å²) < 4.78 is 37.5. The average molecular weight is 298 g/mol. The van der Waals surface area contributed by atoms with Crippen molar-refractivity contribution in [3.63, 3.8) is 0 Å². The number of halogens is 3. The Labute approximate surface area is 120 Å². The summed E-state index contributed by atoms with van der Waals surface area (Å²) in [6, 6.07) is 7.53. The lowest BCUT2D eigenvalue weighted by Crippen LogP contribution is -2.54. The first-order chi connectivity index (χ1) is 9.92. The fourth-order valence-corrected chi connectivity index (χ4v) is 2.74. The van der Waals surface area contributed by atoms with Gasteiger partial charge in [0, 0.05) is 25.7 Å². The van der Waals surface area contributed by atoms with Gasteiger partial charge in [0.1, 0.15) is 0 Å². The minimum atomic E-state index is -4.14. The Morgan fingerprint density at radius 3 is 2.71 bits per heavy atom. The molecule has 4 nitrogen and oxygen atoms in total. The minimum absolute atomic E-state index is 0.159. The van der Waals surface area contributed by atoms with Crippen molar-refractivity contribution in [2.45, 2.75) is 19.1 Å². The maximum Gasteiger partial charge on any atom is 0.401 e. The second kappa shape index (κ2) is 5.22. The van der Waals surface area contributed by atoms with Crippen molar-refractivity contribution in [3.05, 3.63) is 24.3 Å². The SMILES string of the molecule is CC1CN(c2nc3ccccc3[nH]2)CCN1CC(F)(F)F. The van der Waals surface area contributed by atoms with Crippen LogP contribution in [0.15, 0.2) is 24.3 Å². The van der Waals surface area contributed by atoms with Crippen LogP contribution in [0, 0.1) is 0 Å². The van der Waals surface area contributed by atoms with Gasteiger partial charge in [0.2, 0.25) is 5.95 Å². The van der Waals surface area contributed by atoms with Crippen molar-refractivity contribution in [2.24, 2.45) is 0 Å². The zero-order valence-corrected chi connectivity index (χ0v) is 11.7. The largest absolute Gasteiger partial charge is 0.401 e. The molecule has 2 aromatic rings. The molecule has 1 aliphatic heterocycles. The molecule has 0 saturated carbocycles. The summed E-state index contributed by atoms with van der Waals surface area (Å²) in [6.07, 6.45) is -4.14. The van der Waals surface area contributed by atoms with Crippen LogP contribution in [0.3, 0.4) is 0 Å². The van der Waals surface area contributed by atoms with Crippen LogP contribution in [-0.4, -0.2) is 53.3 Å². The van der Waals surface area contributed by atoms with Crippen LogP contribution in [0.25, 0.3) is 11.0 Å². The van der Waals surface area contributed by atoms with Gasteiger partial charge in [-0.25, -0.2) is 4.98 Å². The third kappa shape index (κ3) is 3.12. The van der Waals surface area contributed by atoms with E-state index >= 15 is 0 Å². The molecule has 1 N–H and O–H groups in total. The second-order valence-corrected chi connectivity index (χ2v) is 5.46. The first-order valence-corrected chi connectivity index (χ1v) is 6.93. The smallest absolute Gasteiger partial charge is 0.340 e. The normalized spacial score (nSPS) is 21.1. The summed E-state index contributed by atoms with van der Waals surface area (Å²) in [5.41, 5.74) is 1.82. The molecule has 3 rings (SSSR count). The van der Waals surface area contributed by atoms with Gasteiger partial charge in [-0.15, -0.1) is 0 Å². The van der Waals surface area contributed by atoms with Crippen molar-refractivity contribution >= 4 is 17.0 Å². The maximum atomic E-state index is 12.5. The van der Waals surface area contributed by atoms with E-state index in [2.05, 4.69) is 9.97 Å². The summed E-state index contributed by atoms with van der Waals surface area (Å²) in [4.78, 5) is 11.2. The Bertz CT molecular complexity index is 589. The van der Waals surface area contributed by atoms with E-state index in [0.29, 0.717) is 19.6 Å². The van der Waals surface area contributed by atoms with Gasteiger partial charge in [0.15, 0.2) is 0 Å². The molecule has 7 heteroatoms. The van der Waals surface area contributed by atoms with Gasteiger partial charge in [-0.2, -0.15) is 13.2 Å². The number of aromatic nitrogens is 2. The van der Waals surface area contributed by atoms with E-state index in [1.807, 2.05) is 36.1 Å². The third-order valence-corrected chi connectivity index (χ3v) is 3.82. The summed E-state index contributed by atoms with van der Waals surface area (Å²) >= 11 is 0. The Morgan fingerprint density at radius 1 is 1.29 bits per heavy atom. The second-order valence-electron chi connectivity index (χ2n) is 5.46. The average Bonchev–Trinajstić information content (AvgIpc) is 2.83. The molecule has 0 spiro atoms. The topological polar surface area (TPSA) is 35.2 Å². The number of nitrogens with one attached hydrogen (secondary N) is 1. The molecule has 1 saturated heterocycles. The van der Waals surface area contributed by atoms with Crippen molar-refractivity contribution in [1.29, 1.82) is 0 Å². The van der Waals surface area contributed by atoms with Gasteiger partial charge >= 0.3 is 6.18 Å². The van der Waals surface area contributed by atoms with Gasteiger partial charge in [-0.3, -0.25) is 4.90 Å². The van der Waals surface area contributed by atoms with E-state index in [4.69, 9.17) is 0 Å². The van der Waals surface area contributed by atoms with Crippen LogP contribution in [0.2, 0.25) is 0 Å². The number of imidazole rings is 1. The number of anilines is 1. The number of benzene rings is 1.